The van der Waals surface area contributed by atoms with E-state index < -0.39 is 12.0 Å². The number of carbonyl (C=O) groups is 1. The average Bonchev–Trinajstić information content (AvgIpc) is 2.48. The molecule has 5 nitrogen and oxygen atoms in total. The van der Waals surface area contributed by atoms with Crippen molar-refractivity contribution in [3.05, 3.63) is 18.2 Å². The summed E-state index contributed by atoms with van der Waals surface area (Å²) >= 11 is 0. The first kappa shape index (κ1) is 11.9. The molecule has 1 aromatic heterocycles. The molecule has 6 heteroatoms. The lowest BCUT2D eigenvalue weighted by molar-refractivity contribution is -0.142. The van der Waals surface area contributed by atoms with E-state index in [-0.39, 0.29) is 12.4 Å². The first-order chi connectivity index (χ1) is 5.66. The van der Waals surface area contributed by atoms with Crippen molar-refractivity contribution >= 4 is 18.4 Å². The number of hydrogen-bond acceptors (Lipinski definition) is 4. The highest BCUT2D eigenvalue weighted by atomic mass is 35.5. The number of aryl methyl sites for hydroxylation is 1. The van der Waals surface area contributed by atoms with Gasteiger partial charge in [0.1, 0.15) is 6.04 Å². The van der Waals surface area contributed by atoms with Gasteiger partial charge in [0.2, 0.25) is 0 Å². The molecule has 1 rings (SSSR count). The van der Waals surface area contributed by atoms with Gasteiger partial charge in [-0.25, -0.2) is 9.78 Å². The van der Waals surface area contributed by atoms with Gasteiger partial charge in [0.15, 0.2) is 0 Å². The summed E-state index contributed by atoms with van der Waals surface area (Å²) in [6, 6.07) is -0.748. The van der Waals surface area contributed by atoms with E-state index in [2.05, 4.69) is 9.72 Å². The molecule has 2 N–H and O–H groups in total. The van der Waals surface area contributed by atoms with Crippen molar-refractivity contribution in [1.29, 1.82) is 0 Å². The van der Waals surface area contributed by atoms with E-state index in [1.807, 2.05) is 0 Å². The number of halogens is 1. The number of hydrogen-bond donors (Lipinski definition) is 1. The summed E-state index contributed by atoms with van der Waals surface area (Å²) in [5, 5.41) is 0. The largest absolute Gasteiger partial charge is 0.468 e. The lowest BCUT2D eigenvalue weighted by Crippen LogP contribution is -2.24. The quantitative estimate of drug-likeness (QED) is 0.691. The molecule has 0 fully saturated rings. The Labute approximate surface area is 82.3 Å². The maximum Gasteiger partial charge on any atom is 0.328 e. The Morgan fingerprint density at radius 2 is 2.38 bits per heavy atom. The van der Waals surface area contributed by atoms with Gasteiger partial charge in [-0.3, -0.25) is 0 Å². The molecule has 1 aromatic rings. The van der Waals surface area contributed by atoms with Crippen LogP contribution in [0.4, 0.5) is 0 Å². The number of nitrogens with zero attached hydrogens (tertiary/aromatic N) is 2. The molecule has 0 spiro atoms. The second kappa shape index (κ2) is 4.84. The molecule has 0 aliphatic heterocycles. The molecule has 0 aliphatic rings. The normalized spacial score (nSPS) is 11.6. The third-order valence-corrected chi connectivity index (χ3v) is 1.63. The predicted octanol–water partition coefficient (Wildman–Crippen LogP) is 0.0147. The van der Waals surface area contributed by atoms with Crippen molar-refractivity contribution in [2.45, 2.75) is 6.04 Å². The Balaban J connectivity index is 0.00000144. The number of esters is 1. The fourth-order valence-corrected chi connectivity index (χ4v) is 0.915. The smallest absolute Gasteiger partial charge is 0.328 e. The number of nitrogens with two attached hydrogens (primary N) is 1. The van der Waals surface area contributed by atoms with E-state index >= 15 is 0 Å². The standard InChI is InChI=1S/C7H11N3O2.ClH/c1-10-4-9-3-5(10)6(8)7(11)12-2;/h3-4,6H,8H2,1-2H3;1H. The molecule has 0 saturated heterocycles. The molecule has 74 valence electrons. The van der Waals surface area contributed by atoms with Gasteiger partial charge in [-0.05, 0) is 0 Å². The van der Waals surface area contributed by atoms with E-state index in [0.29, 0.717) is 5.69 Å². The van der Waals surface area contributed by atoms with Crippen LogP contribution in [0.1, 0.15) is 11.7 Å². The number of imidazole rings is 1. The summed E-state index contributed by atoms with van der Waals surface area (Å²) in [4.78, 5) is 14.8. The van der Waals surface area contributed by atoms with Crippen LogP contribution in [0.3, 0.4) is 0 Å². The Morgan fingerprint density at radius 1 is 1.77 bits per heavy atom. The van der Waals surface area contributed by atoms with Crippen LogP contribution in [-0.2, 0) is 16.6 Å². The molecule has 0 bridgehead atoms. The van der Waals surface area contributed by atoms with Gasteiger partial charge in [0, 0.05) is 7.05 Å². The monoisotopic (exact) mass is 205 g/mol. The van der Waals surface area contributed by atoms with Gasteiger partial charge in [-0.2, -0.15) is 0 Å². The SMILES string of the molecule is COC(=O)C(N)c1cncn1C.Cl. The minimum atomic E-state index is -0.748. The summed E-state index contributed by atoms with van der Waals surface area (Å²) in [6.45, 7) is 0. The van der Waals surface area contributed by atoms with Gasteiger partial charge in [0.25, 0.3) is 0 Å². The van der Waals surface area contributed by atoms with Gasteiger partial charge >= 0.3 is 5.97 Å². The van der Waals surface area contributed by atoms with Crippen LogP contribution in [0, 0.1) is 0 Å². The van der Waals surface area contributed by atoms with Crippen LogP contribution in [0.5, 0.6) is 0 Å². The van der Waals surface area contributed by atoms with Crippen molar-refractivity contribution < 1.29 is 9.53 Å². The number of rotatable bonds is 2. The predicted molar refractivity (Wildman–Crippen MR) is 49.4 cm³/mol. The molecule has 0 amide bonds. The van der Waals surface area contributed by atoms with E-state index in [1.54, 1.807) is 24.1 Å². The fourth-order valence-electron chi connectivity index (χ4n) is 0.915. The molecular formula is C7H12ClN3O2. The maximum atomic E-state index is 11.0. The van der Waals surface area contributed by atoms with Gasteiger partial charge in [0.05, 0.1) is 25.3 Å². The Morgan fingerprint density at radius 3 is 2.77 bits per heavy atom. The van der Waals surface area contributed by atoms with Crippen LogP contribution >= 0.6 is 12.4 Å². The maximum absolute atomic E-state index is 11.0. The minimum Gasteiger partial charge on any atom is -0.468 e. The zero-order valence-corrected chi connectivity index (χ0v) is 8.25. The Kier molecular flexibility index (Phi) is 4.44. The van der Waals surface area contributed by atoms with E-state index in [0.717, 1.165) is 0 Å². The third kappa shape index (κ3) is 2.43. The molecular weight excluding hydrogens is 194 g/mol. The first-order valence-electron chi connectivity index (χ1n) is 3.46. The van der Waals surface area contributed by atoms with Crippen molar-refractivity contribution in [1.82, 2.24) is 9.55 Å². The molecule has 1 atom stereocenters. The first-order valence-corrected chi connectivity index (χ1v) is 3.46. The van der Waals surface area contributed by atoms with Crippen LogP contribution < -0.4 is 5.73 Å². The lowest BCUT2D eigenvalue weighted by atomic mass is 10.2. The van der Waals surface area contributed by atoms with Crippen LogP contribution in [0.2, 0.25) is 0 Å². The Hall–Kier alpha value is -1.07. The zero-order chi connectivity index (χ0) is 9.14. The topological polar surface area (TPSA) is 70.1 Å². The van der Waals surface area contributed by atoms with Crippen molar-refractivity contribution in [2.75, 3.05) is 7.11 Å². The average molecular weight is 206 g/mol. The fraction of sp³-hybridized carbons (Fsp3) is 0.429. The van der Waals surface area contributed by atoms with Crippen LogP contribution in [0.25, 0.3) is 0 Å². The molecule has 1 heterocycles. The lowest BCUT2D eigenvalue weighted by Gasteiger charge is -2.08. The number of methoxy groups -OCH3 is 1. The molecule has 1 unspecified atom stereocenters. The van der Waals surface area contributed by atoms with Gasteiger partial charge < -0.3 is 15.0 Å². The summed E-state index contributed by atoms with van der Waals surface area (Å²) in [7, 11) is 3.07. The highest BCUT2D eigenvalue weighted by molar-refractivity contribution is 5.85. The summed E-state index contributed by atoms with van der Waals surface area (Å²) < 4.78 is 6.17. The van der Waals surface area contributed by atoms with Crippen LogP contribution in [-0.4, -0.2) is 22.6 Å². The number of aromatic nitrogens is 2. The van der Waals surface area contributed by atoms with Gasteiger partial charge in [-0.1, -0.05) is 0 Å². The minimum absolute atomic E-state index is 0. The number of ether oxygens (including phenoxy) is 1. The van der Waals surface area contributed by atoms with E-state index in [9.17, 15) is 4.79 Å². The molecule has 0 aliphatic carbocycles. The van der Waals surface area contributed by atoms with E-state index in [4.69, 9.17) is 5.73 Å². The molecule has 0 saturated carbocycles. The molecule has 13 heavy (non-hydrogen) atoms. The van der Waals surface area contributed by atoms with Crippen molar-refractivity contribution in [3.63, 3.8) is 0 Å². The highest BCUT2D eigenvalue weighted by Crippen LogP contribution is 2.08. The van der Waals surface area contributed by atoms with Crippen LogP contribution in [0.15, 0.2) is 12.5 Å². The van der Waals surface area contributed by atoms with Gasteiger partial charge in [-0.15, -0.1) is 12.4 Å². The van der Waals surface area contributed by atoms with Crippen molar-refractivity contribution in [3.8, 4) is 0 Å². The Bertz CT molecular complexity index is 287. The zero-order valence-electron chi connectivity index (χ0n) is 7.43. The third-order valence-electron chi connectivity index (χ3n) is 1.63. The highest BCUT2D eigenvalue weighted by Gasteiger charge is 2.18. The summed E-state index contributed by atoms with van der Waals surface area (Å²) in [6.07, 6.45) is 3.12. The second-order valence-corrected chi connectivity index (χ2v) is 2.43. The van der Waals surface area contributed by atoms with E-state index in [1.165, 1.54) is 7.11 Å². The summed E-state index contributed by atoms with van der Waals surface area (Å²) in [5.41, 5.74) is 6.20. The molecule has 0 aromatic carbocycles. The number of carbonyl (C=O) groups excluding carboxylic acids is 1. The molecule has 0 radical (unpaired) electrons. The van der Waals surface area contributed by atoms with Crippen molar-refractivity contribution in [2.24, 2.45) is 12.8 Å². The summed E-state index contributed by atoms with van der Waals surface area (Å²) in [5.74, 6) is -0.460. The second-order valence-electron chi connectivity index (χ2n) is 2.43.